The lowest BCUT2D eigenvalue weighted by molar-refractivity contribution is -0.131. The van der Waals surface area contributed by atoms with Gasteiger partial charge in [-0.1, -0.05) is 51.3 Å². The van der Waals surface area contributed by atoms with Crippen molar-refractivity contribution in [2.45, 2.75) is 47.0 Å². The van der Waals surface area contributed by atoms with Gasteiger partial charge >= 0.3 is 11.9 Å². The molecule has 0 heterocycles. The Kier molecular flexibility index (Phi) is 8.46. The number of carbonyl (C=O) groups is 2. The summed E-state index contributed by atoms with van der Waals surface area (Å²) in [6, 6.07) is 10.8. The van der Waals surface area contributed by atoms with Crippen LogP contribution in [0.2, 0.25) is 0 Å². The Morgan fingerprint density at radius 3 is 1.42 bits per heavy atom. The van der Waals surface area contributed by atoms with Crippen molar-refractivity contribution in [1.82, 2.24) is 0 Å². The maximum atomic E-state index is 12.2. The van der Waals surface area contributed by atoms with Crippen molar-refractivity contribution in [1.29, 1.82) is 0 Å². The molecule has 33 heavy (non-hydrogen) atoms. The first kappa shape index (κ1) is 25.7. The zero-order valence-corrected chi connectivity index (χ0v) is 20.2. The highest BCUT2D eigenvalue weighted by molar-refractivity contribution is 5.90. The molecule has 0 aliphatic carbocycles. The van der Waals surface area contributed by atoms with Gasteiger partial charge in [0.05, 0.1) is 13.2 Å². The van der Waals surface area contributed by atoms with Gasteiger partial charge in [-0.3, -0.25) is 0 Å². The van der Waals surface area contributed by atoms with Gasteiger partial charge in [0, 0.05) is 27.7 Å². The molecule has 0 radical (unpaired) electrons. The molecule has 0 atom stereocenters. The van der Waals surface area contributed by atoms with Crippen LogP contribution in [0.5, 0.6) is 23.0 Å². The first-order valence-corrected chi connectivity index (χ1v) is 10.8. The van der Waals surface area contributed by atoms with Crippen LogP contribution >= 0.6 is 0 Å². The Bertz CT molecular complexity index is 981. The number of hydrogen-bond donors (Lipinski definition) is 0. The van der Waals surface area contributed by atoms with Crippen LogP contribution in [0.3, 0.4) is 0 Å². The number of rotatable bonds is 10. The van der Waals surface area contributed by atoms with Crippen molar-refractivity contribution in [3.63, 3.8) is 0 Å². The maximum absolute atomic E-state index is 12.2. The average molecular weight is 453 g/mol. The van der Waals surface area contributed by atoms with Crippen molar-refractivity contribution in [2.75, 3.05) is 13.2 Å². The molecule has 6 nitrogen and oxygen atoms in total. The van der Waals surface area contributed by atoms with Crippen LogP contribution in [0.1, 0.15) is 52.7 Å². The summed E-state index contributed by atoms with van der Waals surface area (Å²) in [4.78, 5) is 24.4. The van der Waals surface area contributed by atoms with E-state index < -0.39 is 17.4 Å². The summed E-state index contributed by atoms with van der Waals surface area (Å²) in [5.74, 6) is 0.443. The molecule has 0 aliphatic rings. The van der Waals surface area contributed by atoms with Gasteiger partial charge in [-0.15, -0.1) is 0 Å². The molecule has 6 heteroatoms. The number of esters is 2. The van der Waals surface area contributed by atoms with Gasteiger partial charge in [-0.2, -0.15) is 0 Å². The van der Waals surface area contributed by atoms with E-state index >= 15 is 0 Å². The zero-order chi connectivity index (χ0) is 24.8. The summed E-state index contributed by atoms with van der Waals surface area (Å²) in [5, 5.41) is 0. The molecular formula is C27H32O6. The lowest BCUT2D eigenvalue weighted by Crippen LogP contribution is -2.23. The minimum absolute atomic E-state index is 0.285. The molecule has 2 aromatic rings. The summed E-state index contributed by atoms with van der Waals surface area (Å²) in [6.45, 7) is 18.9. The largest absolute Gasteiger partial charge is 0.490 e. The lowest BCUT2D eigenvalue weighted by atomic mass is 9.77. The number of ether oxygens (including phenoxy) is 4. The fraction of sp³-hybridized carbons (Fsp3) is 0.333. The van der Waals surface area contributed by atoms with Gasteiger partial charge < -0.3 is 18.9 Å². The summed E-state index contributed by atoms with van der Waals surface area (Å²) >= 11 is 0. The summed E-state index contributed by atoms with van der Waals surface area (Å²) in [5.41, 5.74) is 1.45. The van der Waals surface area contributed by atoms with E-state index in [1.165, 1.54) is 0 Å². The molecule has 0 unspecified atom stereocenters. The Hall–Kier alpha value is -3.54. The predicted octanol–water partition coefficient (Wildman–Crippen LogP) is 5.77. The number of hydrogen-bond acceptors (Lipinski definition) is 6. The predicted molar refractivity (Wildman–Crippen MR) is 128 cm³/mol. The van der Waals surface area contributed by atoms with Crippen LogP contribution in [0, 0.1) is 0 Å². The molecule has 0 bridgehead atoms. The van der Waals surface area contributed by atoms with Crippen molar-refractivity contribution in [3.8, 4) is 23.0 Å². The summed E-state index contributed by atoms with van der Waals surface area (Å²) in [6.07, 6.45) is 0. The fourth-order valence-electron chi connectivity index (χ4n) is 3.28. The van der Waals surface area contributed by atoms with Crippen molar-refractivity contribution in [3.05, 3.63) is 71.8 Å². The molecule has 2 rings (SSSR count). The van der Waals surface area contributed by atoms with Gasteiger partial charge in [-0.05, 0) is 39.8 Å². The van der Waals surface area contributed by atoms with Crippen LogP contribution < -0.4 is 18.9 Å². The van der Waals surface area contributed by atoms with Crippen LogP contribution in [-0.2, 0) is 15.0 Å². The monoisotopic (exact) mass is 452 g/mol. The zero-order valence-electron chi connectivity index (χ0n) is 20.2. The number of benzene rings is 2. The lowest BCUT2D eigenvalue weighted by Gasteiger charge is -2.31. The second-order valence-corrected chi connectivity index (χ2v) is 8.10. The highest BCUT2D eigenvalue weighted by Gasteiger charge is 2.33. The van der Waals surface area contributed by atoms with Gasteiger partial charge in [0.2, 0.25) is 0 Å². The summed E-state index contributed by atoms with van der Waals surface area (Å²) < 4.78 is 23.0. The quantitative estimate of drug-likeness (QED) is 0.259. The van der Waals surface area contributed by atoms with E-state index in [4.69, 9.17) is 18.9 Å². The first-order chi connectivity index (χ1) is 15.5. The standard InChI is InChI=1S/C27H32O6/c1-9-30-23-19(13-11-15-21(23)32-25(28)17(3)4)27(7,8)20-14-12-16-22(24(20)31-10-2)33-26(29)18(5)6/h11-16H,3,5,9-10H2,1-2,4,6-8H3. The highest BCUT2D eigenvalue weighted by atomic mass is 16.6. The second-order valence-electron chi connectivity index (χ2n) is 8.10. The third-order valence-corrected chi connectivity index (χ3v) is 4.98. The van der Waals surface area contributed by atoms with E-state index in [-0.39, 0.29) is 11.1 Å². The van der Waals surface area contributed by atoms with Crippen LogP contribution in [-0.4, -0.2) is 25.2 Å². The molecule has 0 aliphatic heterocycles. The van der Waals surface area contributed by atoms with Crippen LogP contribution in [0.25, 0.3) is 0 Å². The van der Waals surface area contributed by atoms with E-state index in [0.717, 1.165) is 11.1 Å². The molecule has 0 fully saturated rings. The van der Waals surface area contributed by atoms with Crippen molar-refractivity contribution < 1.29 is 28.5 Å². The number of carbonyl (C=O) groups excluding carboxylic acids is 2. The highest BCUT2D eigenvalue weighted by Crippen LogP contribution is 2.47. The Balaban J connectivity index is 2.68. The normalized spacial score (nSPS) is 10.8. The van der Waals surface area contributed by atoms with E-state index in [1.807, 2.05) is 39.8 Å². The van der Waals surface area contributed by atoms with E-state index in [9.17, 15) is 9.59 Å². The molecule has 2 aromatic carbocycles. The molecule has 0 aromatic heterocycles. The third-order valence-electron chi connectivity index (χ3n) is 4.98. The SMILES string of the molecule is C=C(C)C(=O)Oc1cccc(C(C)(C)c2cccc(OC(=O)C(=C)C)c2OCC)c1OCC. The van der Waals surface area contributed by atoms with Crippen molar-refractivity contribution in [2.24, 2.45) is 0 Å². The van der Waals surface area contributed by atoms with Crippen molar-refractivity contribution >= 4 is 11.9 Å². The average Bonchev–Trinajstić information content (AvgIpc) is 2.75. The van der Waals surface area contributed by atoms with E-state index in [1.54, 1.807) is 38.1 Å². The molecule has 0 spiro atoms. The van der Waals surface area contributed by atoms with Gasteiger partial charge in [-0.25, -0.2) is 9.59 Å². The number of para-hydroxylation sites is 2. The van der Waals surface area contributed by atoms with E-state index in [2.05, 4.69) is 13.2 Å². The molecule has 0 amide bonds. The molecule has 176 valence electrons. The van der Waals surface area contributed by atoms with E-state index in [0.29, 0.717) is 36.2 Å². The molecule has 0 saturated carbocycles. The minimum atomic E-state index is -0.674. The Labute approximate surface area is 195 Å². The fourth-order valence-corrected chi connectivity index (χ4v) is 3.28. The van der Waals surface area contributed by atoms with Crippen LogP contribution in [0.15, 0.2) is 60.7 Å². The Morgan fingerprint density at radius 2 is 1.12 bits per heavy atom. The second kappa shape index (κ2) is 10.9. The van der Waals surface area contributed by atoms with Gasteiger partial charge in [0.25, 0.3) is 0 Å². The first-order valence-electron chi connectivity index (χ1n) is 10.8. The third kappa shape index (κ3) is 5.83. The molecule has 0 saturated heterocycles. The topological polar surface area (TPSA) is 71.1 Å². The van der Waals surface area contributed by atoms with Gasteiger partial charge in [0.15, 0.2) is 23.0 Å². The Morgan fingerprint density at radius 1 is 0.758 bits per heavy atom. The summed E-state index contributed by atoms with van der Waals surface area (Å²) in [7, 11) is 0. The van der Waals surface area contributed by atoms with Gasteiger partial charge in [0.1, 0.15) is 0 Å². The smallest absolute Gasteiger partial charge is 0.338 e. The molecular weight excluding hydrogens is 420 g/mol. The molecule has 0 N–H and O–H groups in total. The van der Waals surface area contributed by atoms with Crippen LogP contribution in [0.4, 0.5) is 0 Å². The maximum Gasteiger partial charge on any atom is 0.338 e. The minimum Gasteiger partial charge on any atom is -0.490 e.